The molecule has 4 aromatic rings. The Kier molecular flexibility index (Phi) is 10.0. The number of nitrogens with one attached hydrogen (secondary N) is 1. The largest absolute Gasteiger partial charge is 0.497 e. The van der Waals surface area contributed by atoms with Crippen molar-refractivity contribution in [3.63, 3.8) is 0 Å². The molecule has 1 amide bonds. The smallest absolute Gasteiger partial charge is 0.253 e. The molecule has 2 aromatic heterocycles. The second kappa shape index (κ2) is 13.9. The van der Waals surface area contributed by atoms with Gasteiger partial charge in [-0.1, -0.05) is 6.07 Å². The van der Waals surface area contributed by atoms with Gasteiger partial charge in [0.2, 0.25) is 0 Å². The molecule has 0 saturated carbocycles. The van der Waals surface area contributed by atoms with Crippen LogP contribution >= 0.6 is 11.3 Å². The molecule has 9 nitrogen and oxygen atoms in total. The minimum Gasteiger partial charge on any atom is -0.497 e. The van der Waals surface area contributed by atoms with E-state index in [1.54, 1.807) is 28.4 Å². The summed E-state index contributed by atoms with van der Waals surface area (Å²) in [5.41, 5.74) is 4.25. The third-order valence-corrected chi connectivity index (χ3v) is 7.33. The van der Waals surface area contributed by atoms with Gasteiger partial charge in [-0.25, -0.2) is 4.98 Å². The molecule has 4 rings (SSSR count). The molecule has 0 saturated heterocycles. The molecule has 0 aliphatic heterocycles. The van der Waals surface area contributed by atoms with Crippen LogP contribution in [-0.4, -0.2) is 57.0 Å². The molecular weight excluding hydrogens is 530 g/mol. The first-order valence-electron chi connectivity index (χ1n) is 12.9. The Hall–Kier alpha value is -4.02. The maximum atomic E-state index is 13.0. The number of hydrogen-bond acceptors (Lipinski definition) is 8. The molecule has 0 atom stereocenters. The number of carbonyl (C=O) groups is 1. The molecule has 0 radical (unpaired) electrons. The lowest BCUT2D eigenvalue weighted by atomic mass is 10.1. The zero-order valence-electron chi connectivity index (χ0n) is 23.5. The lowest BCUT2D eigenvalue weighted by molar-refractivity contribution is 0.0936. The maximum Gasteiger partial charge on any atom is 0.253 e. The van der Waals surface area contributed by atoms with Gasteiger partial charge in [0, 0.05) is 31.3 Å². The summed E-state index contributed by atoms with van der Waals surface area (Å²) >= 11 is 1.52. The van der Waals surface area contributed by atoms with Gasteiger partial charge in [0.15, 0.2) is 11.5 Å². The van der Waals surface area contributed by atoms with Crippen molar-refractivity contribution in [1.29, 1.82) is 0 Å². The second-order valence-corrected chi connectivity index (χ2v) is 9.90. The first-order valence-corrected chi connectivity index (χ1v) is 13.7. The van der Waals surface area contributed by atoms with E-state index in [1.807, 2.05) is 60.8 Å². The van der Waals surface area contributed by atoms with Gasteiger partial charge in [0.05, 0.1) is 44.9 Å². The molecule has 0 fully saturated rings. The van der Waals surface area contributed by atoms with Crippen molar-refractivity contribution in [2.45, 2.75) is 26.5 Å². The second-order valence-electron chi connectivity index (χ2n) is 8.96. The minimum absolute atomic E-state index is 0.140. The SMILES string of the molecule is COCCNC(=O)c1cc(-c2csc(COc3ccc(OC)cc3)n2)n(CCc2ccc(OC)c(OC)c2)c1C. The predicted octanol–water partition coefficient (Wildman–Crippen LogP) is 5.14. The fourth-order valence-electron chi connectivity index (χ4n) is 4.33. The summed E-state index contributed by atoms with van der Waals surface area (Å²) in [6.45, 7) is 3.83. The van der Waals surface area contributed by atoms with E-state index in [0.29, 0.717) is 43.4 Å². The molecule has 0 bridgehead atoms. The maximum absolute atomic E-state index is 13.0. The summed E-state index contributed by atoms with van der Waals surface area (Å²) in [4.78, 5) is 17.9. The Morgan fingerprint density at radius 2 is 1.70 bits per heavy atom. The highest BCUT2D eigenvalue weighted by Gasteiger charge is 2.20. The Morgan fingerprint density at radius 1 is 0.950 bits per heavy atom. The zero-order valence-corrected chi connectivity index (χ0v) is 24.3. The number of benzene rings is 2. The van der Waals surface area contributed by atoms with E-state index >= 15 is 0 Å². The summed E-state index contributed by atoms with van der Waals surface area (Å²) in [6, 6.07) is 15.3. The standard InChI is InChI=1S/C30H35N3O6S/c1-20-24(30(34)31-13-15-35-2)17-26(33(20)14-12-21-6-11-27(37-4)28(16-21)38-5)25-19-40-29(32-25)18-39-23-9-7-22(36-3)8-10-23/h6-11,16-17,19H,12-15,18H2,1-5H3,(H,31,34). The van der Waals surface area contributed by atoms with Crippen molar-refractivity contribution in [2.75, 3.05) is 41.6 Å². The van der Waals surface area contributed by atoms with E-state index in [1.165, 1.54) is 11.3 Å². The monoisotopic (exact) mass is 565 g/mol. The lowest BCUT2D eigenvalue weighted by Crippen LogP contribution is -2.27. The molecule has 2 aromatic carbocycles. The van der Waals surface area contributed by atoms with Gasteiger partial charge in [-0.05, 0) is 61.4 Å². The van der Waals surface area contributed by atoms with Crippen LogP contribution in [0.1, 0.15) is 26.6 Å². The summed E-state index contributed by atoms with van der Waals surface area (Å²) in [5.74, 6) is 2.74. The number of aromatic nitrogens is 2. The third-order valence-electron chi connectivity index (χ3n) is 6.51. The number of ether oxygens (including phenoxy) is 5. The number of carbonyl (C=O) groups excluding carboxylic acids is 1. The summed E-state index contributed by atoms with van der Waals surface area (Å²) in [6.07, 6.45) is 0.727. The van der Waals surface area contributed by atoms with Crippen LogP contribution in [0.3, 0.4) is 0 Å². The van der Waals surface area contributed by atoms with Crippen LogP contribution in [0.4, 0.5) is 0 Å². The van der Waals surface area contributed by atoms with Crippen LogP contribution in [-0.2, 0) is 24.3 Å². The number of aryl methyl sites for hydroxylation is 1. The van der Waals surface area contributed by atoms with Gasteiger partial charge >= 0.3 is 0 Å². The van der Waals surface area contributed by atoms with Gasteiger partial charge < -0.3 is 33.6 Å². The Balaban J connectivity index is 1.57. The third kappa shape index (κ3) is 6.94. The summed E-state index contributed by atoms with van der Waals surface area (Å²) in [5, 5.41) is 5.77. The molecule has 0 aliphatic carbocycles. The Morgan fingerprint density at radius 3 is 2.40 bits per heavy atom. The van der Waals surface area contributed by atoms with E-state index < -0.39 is 0 Å². The van der Waals surface area contributed by atoms with Crippen LogP contribution in [0.2, 0.25) is 0 Å². The number of rotatable bonds is 14. The van der Waals surface area contributed by atoms with Crippen molar-refractivity contribution in [3.8, 4) is 34.4 Å². The van der Waals surface area contributed by atoms with Crippen molar-refractivity contribution in [1.82, 2.24) is 14.9 Å². The van der Waals surface area contributed by atoms with Crippen molar-refractivity contribution >= 4 is 17.2 Å². The quantitative estimate of drug-likeness (QED) is 0.212. The van der Waals surface area contributed by atoms with Crippen LogP contribution in [0.25, 0.3) is 11.4 Å². The molecule has 0 aliphatic rings. The van der Waals surface area contributed by atoms with Crippen molar-refractivity contribution < 1.29 is 28.5 Å². The molecule has 212 valence electrons. The van der Waals surface area contributed by atoms with Gasteiger partial charge in [0.1, 0.15) is 23.1 Å². The van der Waals surface area contributed by atoms with E-state index in [-0.39, 0.29) is 5.91 Å². The Labute approximate surface area is 238 Å². The molecule has 0 unspecified atom stereocenters. The number of nitrogens with zero attached hydrogens (tertiary/aromatic N) is 2. The Bertz CT molecular complexity index is 1410. The van der Waals surface area contributed by atoms with Crippen molar-refractivity contribution in [2.24, 2.45) is 0 Å². The summed E-state index contributed by atoms with van der Waals surface area (Å²) < 4.78 is 29.2. The fourth-order valence-corrected chi connectivity index (χ4v) is 5.03. The molecule has 1 N–H and O–H groups in total. The van der Waals surface area contributed by atoms with Gasteiger partial charge in [-0.15, -0.1) is 11.3 Å². The molecule has 40 heavy (non-hydrogen) atoms. The van der Waals surface area contributed by atoms with Crippen molar-refractivity contribution in [3.05, 3.63) is 75.7 Å². The number of amides is 1. The fraction of sp³-hybridized carbons (Fsp3) is 0.333. The molecule has 2 heterocycles. The predicted molar refractivity (Wildman–Crippen MR) is 155 cm³/mol. The van der Waals surface area contributed by atoms with E-state index in [4.69, 9.17) is 28.7 Å². The van der Waals surface area contributed by atoms with E-state index in [0.717, 1.165) is 45.6 Å². The first kappa shape index (κ1) is 29.0. The van der Waals surface area contributed by atoms with Gasteiger partial charge in [-0.3, -0.25) is 4.79 Å². The number of thiazole rings is 1. The minimum atomic E-state index is -0.140. The molecular formula is C30H35N3O6S. The highest BCUT2D eigenvalue weighted by molar-refractivity contribution is 7.09. The van der Waals surface area contributed by atoms with Crippen LogP contribution in [0.15, 0.2) is 53.9 Å². The molecule has 0 spiro atoms. The zero-order chi connectivity index (χ0) is 28.5. The average molecular weight is 566 g/mol. The number of methoxy groups -OCH3 is 4. The highest BCUT2D eigenvalue weighted by atomic mass is 32.1. The lowest BCUT2D eigenvalue weighted by Gasteiger charge is -2.13. The van der Waals surface area contributed by atoms with E-state index in [9.17, 15) is 4.79 Å². The van der Waals surface area contributed by atoms with Crippen LogP contribution in [0.5, 0.6) is 23.0 Å². The normalized spacial score (nSPS) is 10.8. The van der Waals surface area contributed by atoms with E-state index in [2.05, 4.69) is 9.88 Å². The first-order chi connectivity index (χ1) is 19.5. The average Bonchev–Trinajstić information content (AvgIpc) is 3.59. The van der Waals surface area contributed by atoms with Crippen LogP contribution in [0, 0.1) is 6.92 Å². The van der Waals surface area contributed by atoms with Crippen LogP contribution < -0.4 is 24.3 Å². The van der Waals surface area contributed by atoms with Gasteiger partial charge in [0.25, 0.3) is 5.91 Å². The number of hydrogen-bond donors (Lipinski definition) is 1. The van der Waals surface area contributed by atoms with Gasteiger partial charge in [-0.2, -0.15) is 0 Å². The highest BCUT2D eigenvalue weighted by Crippen LogP contribution is 2.31. The molecule has 10 heteroatoms. The summed E-state index contributed by atoms with van der Waals surface area (Å²) in [7, 11) is 6.49. The topological polar surface area (TPSA) is 93.1 Å².